The fourth-order valence-electron chi connectivity index (χ4n) is 1.18. The van der Waals surface area contributed by atoms with Crippen LogP contribution < -0.4 is 5.32 Å². The molecule has 0 fully saturated rings. The van der Waals surface area contributed by atoms with Crippen molar-refractivity contribution >= 4 is 17.8 Å². The van der Waals surface area contributed by atoms with E-state index in [0.717, 1.165) is 0 Å². The minimum absolute atomic E-state index is 0.0826. The van der Waals surface area contributed by atoms with Crippen LogP contribution in [0.3, 0.4) is 0 Å². The van der Waals surface area contributed by atoms with Crippen LogP contribution in [0.1, 0.15) is 25.7 Å². The van der Waals surface area contributed by atoms with Gasteiger partial charge >= 0.3 is 11.9 Å². The van der Waals surface area contributed by atoms with E-state index in [1.807, 2.05) is 0 Å². The number of rotatable bonds is 9. The first-order chi connectivity index (χ1) is 7.97. The van der Waals surface area contributed by atoms with Crippen molar-refractivity contribution in [1.82, 2.24) is 5.32 Å². The highest BCUT2D eigenvalue weighted by Crippen LogP contribution is 2.02. The summed E-state index contributed by atoms with van der Waals surface area (Å²) in [6.45, 7) is 0.216. The second-order valence-electron chi connectivity index (χ2n) is 3.49. The van der Waals surface area contributed by atoms with Crippen LogP contribution >= 0.6 is 0 Å². The maximum Gasteiger partial charge on any atom is 0.326 e. The van der Waals surface area contributed by atoms with Gasteiger partial charge in [0.05, 0.1) is 6.61 Å². The van der Waals surface area contributed by atoms with Crippen LogP contribution in [-0.4, -0.2) is 47.8 Å². The Hall–Kier alpha value is -1.63. The van der Waals surface area contributed by atoms with Crippen LogP contribution in [0.25, 0.3) is 0 Å². The zero-order valence-electron chi connectivity index (χ0n) is 9.64. The van der Waals surface area contributed by atoms with Gasteiger partial charge in [-0.05, 0) is 12.8 Å². The number of carbonyl (C=O) groups excluding carboxylic acids is 1. The molecule has 1 atom stereocenters. The standard InChI is InChI=1S/C10H17NO6/c1-17-6-5-8(12)11-7(10(15)16)3-2-4-9(13)14/h7H,2-6H2,1H3,(H,11,12)(H,13,14)(H,15,16)/t7-/m1/s1. The Morgan fingerprint density at radius 1 is 1.24 bits per heavy atom. The number of aliphatic carboxylic acids is 2. The van der Waals surface area contributed by atoms with Gasteiger partial charge < -0.3 is 20.3 Å². The first kappa shape index (κ1) is 15.4. The first-order valence-electron chi connectivity index (χ1n) is 5.20. The van der Waals surface area contributed by atoms with Gasteiger partial charge in [0, 0.05) is 20.0 Å². The number of carboxylic acid groups (broad SMARTS) is 2. The zero-order valence-corrected chi connectivity index (χ0v) is 9.64. The molecule has 0 aliphatic rings. The number of ether oxygens (including phenoxy) is 1. The van der Waals surface area contributed by atoms with E-state index in [0.29, 0.717) is 0 Å². The molecule has 0 aromatic heterocycles. The predicted octanol–water partition coefficient (Wildman–Crippen LogP) is -0.153. The van der Waals surface area contributed by atoms with Crippen molar-refractivity contribution in [3.05, 3.63) is 0 Å². The third kappa shape index (κ3) is 8.21. The largest absolute Gasteiger partial charge is 0.481 e. The van der Waals surface area contributed by atoms with Crippen molar-refractivity contribution in [2.24, 2.45) is 0 Å². The van der Waals surface area contributed by atoms with Crippen molar-refractivity contribution < 1.29 is 29.3 Å². The lowest BCUT2D eigenvalue weighted by Gasteiger charge is -2.13. The average molecular weight is 247 g/mol. The van der Waals surface area contributed by atoms with E-state index >= 15 is 0 Å². The van der Waals surface area contributed by atoms with E-state index in [-0.39, 0.29) is 32.3 Å². The number of hydrogen-bond acceptors (Lipinski definition) is 4. The van der Waals surface area contributed by atoms with Crippen LogP contribution in [0.2, 0.25) is 0 Å². The second kappa shape index (κ2) is 8.51. The molecule has 0 bridgehead atoms. The van der Waals surface area contributed by atoms with Gasteiger partial charge in [-0.25, -0.2) is 4.79 Å². The molecule has 0 aromatic rings. The fourth-order valence-corrected chi connectivity index (χ4v) is 1.18. The smallest absolute Gasteiger partial charge is 0.326 e. The lowest BCUT2D eigenvalue weighted by atomic mass is 10.1. The molecule has 98 valence electrons. The van der Waals surface area contributed by atoms with Crippen LogP contribution in [0.5, 0.6) is 0 Å². The molecule has 0 unspecified atom stereocenters. The van der Waals surface area contributed by atoms with Crippen LogP contribution in [0.15, 0.2) is 0 Å². The molecule has 17 heavy (non-hydrogen) atoms. The molecule has 0 rings (SSSR count). The molecule has 7 heteroatoms. The Kier molecular flexibility index (Phi) is 7.70. The van der Waals surface area contributed by atoms with Gasteiger partial charge in [0.15, 0.2) is 0 Å². The average Bonchev–Trinajstić information content (AvgIpc) is 2.24. The maximum atomic E-state index is 11.2. The van der Waals surface area contributed by atoms with Crippen LogP contribution in [0.4, 0.5) is 0 Å². The summed E-state index contributed by atoms with van der Waals surface area (Å²) in [5.41, 5.74) is 0. The van der Waals surface area contributed by atoms with Crippen molar-refractivity contribution in [1.29, 1.82) is 0 Å². The van der Waals surface area contributed by atoms with Gasteiger partial charge in [-0.3, -0.25) is 9.59 Å². The van der Waals surface area contributed by atoms with Crippen molar-refractivity contribution in [2.45, 2.75) is 31.7 Å². The highest BCUT2D eigenvalue weighted by Gasteiger charge is 2.19. The minimum atomic E-state index is -1.17. The Labute approximate surface area is 98.8 Å². The van der Waals surface area contributed by atoms with E-state index in [4.69, 9.17) is 10.2 Å². The van der Waals surface area contributed by atoms with Gasteiger partial charge in [-0.1, -0.05) is 0 Å². The summed E-state index contributed by atoms with van der Waals surface area (Å²) in [6, 6.07) is -1.04. The number of nitrogens with one attached hydrogen (secondary N) is 1. The van der Waals surface area contributed by atoms with Gasteiger partial charge in [-0.2, -0.15) is 0 Å². The lowest BCUT2D eigenvalue weighted by Crippen LogP contribution is -2.41. The molecule has 0 saturated carbocycles. The summed E-state index contributed by atoms with van der Waals surface area (Å²) in [5.74, 6) is -2.57. The Bertz CT molecular complexity index is 278. The van der Waals surface area contributed by atoms with E-state index in [2.05, 4.69) is 10.1 Å². The lowest BCUT2D eigenvalue weighted by molar-refractivity contribution is -0.142. The van der Waals surface area contributed by atoms with Gasteiger partial charge in [0.2, 0.25) is 5.91 Å². The molecule has 7 nitrogen and oxygen atoms in total. The fraction of sp³-hybridized carbons (Fsp3) is 0.700. The van der Waals surface area contributed by atoms with Gasteiger partial charge in [0.1, 0.15) is 6.04 Å². The Morgan fingerprint density at radius 3 is 2.35 bits per heavy atom. The molecule has 0 aromatic carbocycles. The third-order valence-electron chi connectivity index (χ3n) is 2.05. The minimum Gasteiger partial charge on any atom is -0.481 e. The number of hydrogen-bond donors (Lipinski definition) is 3. The quantitative estimate of drug-likeness (QED) is 0.522. The Morgan fingerprint density at radius 2 is 1.88 bits per heavy atom. The van der Waals surface area contributed by atoms with Crippen molar-refractivity contribution in [3.8, 4) is 0 Å². The molecular formula is C10H17NO6. The van der Waals surface area contributed by atoms with E-state index in [1.54, 1.807) is 0 Å². The van der Waals surface area contributed by atoms with E-state index < -0.39 is 23.9 Å². The number of carbonyl (C=O) groups is 3. The van der Waals surface area contributed by atoms with Crippen molar-refractivity contribution in [3.63, 3.8) is 0 Å². The maximum absolute atomic E-state index is 11.2. The summed E-state index contributed by atoms with van der Waals surface area (Å²) >= 11 is 0. The number of amides is 1. The molecule has 1 amide bonds. The Balaban J connectivity index is 4.02. The summed E-state index contributed by atoms with van der Waals surface area (Å²) in [5, 5.41) is 19.5. The van der Waals surface area contributed by atoms with Gasteiger partial charge in [0.25, 0.3) is 0 Å². The molecule has 0 aliphatic carbocycles. The topological polar surface area (TPSA) is 113 Å². The molecule has 0 spiro atoms. The molecule has 0 heterocycles. The summed E-state index contributed by atoms with van der Waals surface area (Å²) in [4.78, 5) is 32.3. The highest BCUT2D eigenvalue weighted by molar-refractivity contribution is 5.83. The number of methoxy groups -OCH3 is 1. The molecule has 0 saturated heterocycles. The molecule has 0 aliphatic heterocycles. The first-order valence-corrected chi connectivity index (χ1v) is 5.20. The molecule has 3 N–H and O–H groups in total. The van der Waals surface area contributed by atoms with Crippen LogP contribution in [0, 0.1) is 0 Å². The SMILES string of the molecule is COCCC(=O)N[C@H](CCCC(=O)O)C(=O)O. The van der Waals surface area contributed by atoms with E-state index in [9.17, 15) is 14.4 Å². The summed E-state index contributed by atoms with van der Waals surface area (Å²) in [7, 11) is 1.44. The van der Waals surface area contributed by atoms with Gasteiger partial charge in [-0.15, -0.1) is 0 Å². The highest BCUT2D eigenvalue weighted by atomic mass is 16.5. The van der Waals surface area contributed by atoms with Crippen LogP contribution in [-0.2, 0) is 19.1 Å². The van der Waals surface area contributed by atoms with E-state index in [1.165, 1.54) is 7.11 Å². The normalized spacial score (nSPS) is 11.8. The third-order valence-corrected chi connectivity index (χ3v) is 2.05. The zero-order chi connectivity index (χ0) is 13.3. The number of carboxylic acids is 2. The summed E-state index contributed by atoms with van der Waals surface area (Å²) in [6.07, 6.45) is 0.272. The monoisotopic (exact) mass is 247 g/mol. The summed E-state index contributed by atoms with van der Waals surface area (Å²) < 4.78 is 4.68. The van der Waals surface area contributed by atoms with Crippen molar-refractivity contribution in [2.75, 3.05) is 13.7 Å². The molecule has 0 radical (unpaired) electrons. The molecular weight excluding hydrogens is 230 g/mol. The predicted molar refractivity (Wildman–Crippen MR) is 57.5 cm³/mol. The second-order valence-corrected chi connectivity index (χ2v) is 3.49.